The van der Waals surface area contributed by atoms with Gasteiger partial charge in [-0.15, -0.1) is 0 Å². The fraction of sp³-hybridized carbons (Fsp3) is 0.333. The lowest BCUT2D eigenvalue weighted by molar-refractivity contribution is -0.141. The van der Waals surface area contributed by atoms with Gasteiger partial charge in [-0.3, -0.25) is 9.36 Å². The van der Waals surface area contributed by atoms with Crippen LogP contribution in [0.4, 0.5) is 10.1 Å². The Bertz CT molecular complexity index is 1510. The Morgan fingerprint density at radius 2 is 2.11 bits per heavy atom. The first kappa shape index (κ1) is 24.4. The van der Waals surface area contributed by atoms with E-state index in [1.807, 2.05) is 24.3 Å². The van der Waals surface area contributed by atoms with Crippen molar-refractivity contribution in [3.8, 4) is 11.4 Å². The number of fused-ring (bicyclic) bond motifs is 2. The highest BCUT2D eigenvalue weighted by Gasteiger charge is 2.28. The average Bonchev–Trinajstić information content (AvgIpc) is 3.67. The van der Waals surface area contributed by atoms with E-state index in [-0.39, 0.29) is 23.8 Å². The number of imidazole rings is 1. The predicted octanol–water partition coefficient (Wildman–Crippen LogP) is 5.98. The number of carbonyl (C=O) groups is 1. The lowest BCUT2D eigenvalue weighted by atomic mass is 9.97. The Morgan fingerprint density at radius 3 is 2.92 bits per heavy atom. The summed E-state index contributed by atoms with van der Waals surface area (Å²) in [6, 6.07) is 17.0. The van der Waals surface area contributed by atoms with Crippen LogP contribution in [0.2, 0.25) is 0 Å². The molecule has 3 aromatic carbocycles. The summed E-state index contributed by atoms with van der Waals surface area (Å²) in [6.07, 6.45) is 2.08. The quantitative estimate of drug-likeness (QED) is 0.306. The lowest BCUT2D eigenvalue weighted by Crippen LogP contribution is -2.10. The van der Waals surface area contributed by atoms with Crippen LogP contribution in [0.3, 0.4) is 0 Å². The van der Waals surface area contributed by atoms with Crippen molar-refractivity contribution in [2.45, 2.75) is 44.8 Å². The van der Waals surface area contributed by atoms with Crippen LogP contribution in [0.1, 0.15) is 53.8 Å². The molecule has 4 aromatic rings. The van der Waals surface area contributed by atoms with Gasteiger partial charge in [-0.1, -0.05) is 18.2 Å². The minimum Gasteiger partial charge on any atom is -0.493 e. The fourth-order valence-corrected chi connectivity index (χ4v) is 5.46. The van der Waals surface area contributed by atoms with Crippen LogP contribution >= 0.6 is 0 Å². The molecular formula is C30H30FN3O4. The molecule has 1 saturated heterocycles. The van der Waals surface area contributed by atoms with Gasteiger partial charge in [0.2, 0.25) is 0 Å². The first-order chi connectivity index (χ1) is 18.5. The number of esters is 1. The minimum atomic E-state index is -0.300. The highest BCUT2D eigenvalue weighted by molar-refractivity contribution is 5.79. The van der Waals surface area contributed by atoms with Crippen molar-refractivity contribution in [3.63, 3.8) is 0 Å². The molecule has 0 aliphatic carbocycles. The third-order valence-corrected chi connectivity index (χ3v) is 7.54. The van der Waals surface area contributed by atoms with Crippen molar-refractivity contribution in [3.05, 3.63) is 82.9 Å². The topological polar surface area (TPSA) is 74.6 Å². The molecule has 0 radical (unpaired) electrons. The van der Waals surface area contributed by atoms with Crippen molar-refractivity contribution < 1.29 is 23.4 Å². The van der Waals surface area contributed by atoms with Gasteiger partial charge in [-0.2, -0.15) is 0 Å². The maximum atomic E-state index is 14.0. The number of aromatic nitrogens is 2. The number of ether oxygens (including phenoxy) is 3. The Kier molecular flexibility index (Phi) is 6.49. The molecule has 0 saturated carbocycles. The van der Waals surface area contributed by atoms with E-state index in [4.69, 9.17) is 19.2 Å². The van der Waals surface area contributed by atoms with Gasteiger partial charge >= 0.3 is 5.97 Å². The van der Waals surface area contributed by atoms with Gasteiger partial charge in [0.25, 0.3) is 0 Å². The summed E-state index contributed by atoms with van der Waals surface area (Å²) in [4.78, 5) is 16.5. The number of halogens is 1. The molecule has 1 fully saturated rings. The standard InChI is InChI=1S/C30H30FN3O4/c1-18-19(16-32-22-9-10-23-20(13-29(35)36-2)17-38-28(23)15-22)5-3-6-25(18)34-26-11-8-21(31)14-24(26)33-30(34)27-7-4-12-37-27/h3,5-6,8-11,14-15,20,27,32H,4,7,12-13,16-17H2,1-2H3. The van der Waals surface area contributed by atoms with E-state index in [0.717, 1.165) is 58.0 Å². The van der Waals surface area contributed by atoms with Gasteiger partial charge in [0.05, 0.1) is 36.9 Å². The normalized spacial score (nSPS) is 18.4. The molecule has 0 spiro atoms. The maximum absolute atomic E-state index is 14.0. The summed E-state index contributed by atoms with van der Waals surface area (Å²) >= 11 is 0. The number of carbonyl (C=O) groups excluding carboxylic acids is 1. The van der Waals surface area contributed by atoms with Crippen LogP contribution in [-0.2, 0) is 20.8 Å². The zero-order valence-electron chi connectivity index (χ0n) is 21.5. The van der Waals surface area contributed by atoms with Crippen molar-refractivity contribution in [2.75, 3.05) is 25.6 Å². The molecule has 2 unspecified atom stereocenters. The molecule has 0 amide bonds. The fourth-order valence-electron chi connectivity index (χ4n) is 5.46. The van der Waals surface area contributed by atoms with Gasteiger partial charge < -0.3 is 19.5 Å². The molecule has 8 heteroatoms. The first-order valence-electron chi connectivity index (χ1n) is 13.0. The Balaban J connectivity index is 1.27. The Labute approximate surface area is 220 Å². The summed E-state index contributed by atoms with van der Waals surface area (Å²) in [6.45, 7) is 3.90. The number of nitrogens with one attached hydrogen (secondary N) is 1. The lowest BCUT2D eigenvalue weighted by Gasteiger charge is -2.18. The third-order valence-electron chi connectivity index (χ3n) is 7.54. The highest BCUT2D eigenvalue weighted by Crippen LogP contribution is 2.38. The molecule has 2 atom stereocenters. The Hall–Kier alpha value is -3.91. The smallest absolute Gasteiger partial charge is 0.306 e. The van der Waals surface area contributed by atoms with Gasteiger partial charge in [-0.25, -0.2) is 9.37 Å². The van der Waals surface area contributed by atoms with E-state index < -0.39 is 0 Å². The number of nitrogens with zero attached hydrogens (tertiary/aromatic N) is 2. The molecule has 6 rings (SSSR count). The summed E-state index contributed by atoms with van der Waals surface area (Å²) in [7, 11) is 1.40. The highest BCUT2D eigenvalue weighted by atomic mass is 19.1. The van der Waals surface area contributed by atoms with E-state index in [0.29, 0.717) is 31.7 Å². The van der Waals surface area contributed by atoms with Crippen molar-refractivity contribution in [2.24, 2.45) is 0 Å². The van der Waals surface area contributed by atoms with E-state index in [1.54, 1.807) is 6.07 Å². The molecular weight excluding hydrogens is 485 g/mol. The predicted molar refractivity (Wildman–Crippen MR) is 142 cm³/mol. The summed E-state index contributed by atoms with van der Waals surface area (Å²) in [5, 5.41) is 3.51. The molecule has 2 aliphatic rings. The maximum Gasteiger partial charge on any atom is 0.306 e. The molecule has 7 nitrogen and oxygen atoms in total. The molecule has 0 bridgehead atoms. The average molecular weight is 516 g/mol. The molecule has 1 aromatic heterocycles. The zero-order chi connectivity index (χ0) is 26.2. The monoisotopic (exact) mass is 515 g/mol. The number of benzene rings is 3. The van der Waals surface area contributed by atoms with E-state index >= 15 is 0 Å². The summed E-state index contributed by atoms with van der Waals surface area (Å²) in [5.74, 6) is 1.09. The number of hydrogen-bond donors (Lipinski definition) is 1. The van der Waals surface area contributed by atoms with Crippen LogP contribution in [0.5, 0.6) is 5.75 Å². The van der Waals surface area contributed by atoms with Crippen LogP contribution in [0.15, 0.2) is 54.6 Å². The first-order valence-corrected chi connectivity index (χ1v) is 13.0. The SMILES string of the molecule is COC(=O)CC1COc2cc(NCc3cccc(-n4c(C5CCCO5)nc5cc(F)ccc54)c3C)ccc21. The van der Waals surface area contributed by atoms with Crippen molar-refractivity contribution in [1.29, 1.82) is 0 Å². The number of methoxy groups -OCH3 is 1. The number of rotatable bonds is 7. The minimum absolute atomic E-state index is 0.0157. The van der Waals surface area contributed by atoms with E-state index in [2.05, 4.69) is 28.9 Å². The van der Waals surface area contributed by atoms with Crippen LogP contribution in [-0.4, -0.2) is 35.8 Å². The zero-order valence-corrected chi connectivity index (χ0v) is 21.5. The van der Waals surface area contributed by atoms with E-state index in [1.165, 1.54) is 19.2 Å². The third kappa shape index (κ3) is 4.49. The second-order valence-corrected chi connectivity index (χ2v) is 9.90. The van der Waals surface area contributed by atoms with Crippen molar-refractivity contribution >= 4 is 22.7 Å². The van der Waals surface area contributed by atoms with Gasteiger partial charge in [0.15, 0.2) is 0 Å². The summed E-state index contributed by atoms with van der Waals surface area (Å²) in [5.41, 5.74) is 6.71. The molecule has 2 aliphatic heterocycles. The molecule has 38 heavy (non-hydrogen) atoms. The van der Waals surface area contributed by atoms with Gasteiger partial charge in [0.1, 0.15) is 23.5 Å². The van der Waals surface area contributed by atoms with Gasteiger partial charge in [0, 0.05) is 42.5 Å². The van der Waals surface area contributed by atoms with Crippen molar-refractivity contribution in [1.82, 2.24) is 9.55 Å². The van der Waals surface area contributed by atoms with Crippen LogP contribution in [0, 0.1) is 12.7 Å². The second kappa shape index (κ2) is 10.1. The van der Waals surface area contributed by atoms with Crippen LogP contribution < -0.4 is 10.1 Å². The number of hydrogen-bond acceptors (Lipinski definition) is 6. The summed E-state index contributed by atoms with van der Waals surface area (Å²) < 4.78 is 32.8. The second-order valence-electron chi connectivity index (χ2n) is 9.90. The van der Waals surface area contributed by atoms with E-state index in [9.17, 15) is 9.18 Å². The Morgan fingerprint density at radius 1 is 1.21 bits per heavy atom. The number of anilines is 1. The van der Waals surface area contributed by atoms with Crippen LogP contribution in [0.25, 0.3) is 16.7 Å². The largest absolute Gasteiger partial charge is 0.493 e. The molecule has 196 valence electrons. The molecule has 3 heterocycles. The molecule has 1 N–H and O–H groups in total. The van der Waals surface area contributed by atoms with Gasteiger partial charge in [-0.05, 0) is 55.2 Å².